The maximum atomic E-state index is 5.12. The van der Waals surface area contributed by atoms with E-state index in [0.717, 1.165) is 23.0 Å². The summed E-state index contributed by atoms with van der Waals surface area (Å²) in [5.41, 5.74) is 0. The van der Waals surface area contributed by atoms with Crippen molar-refractivity contribution in [3.05, 3.63) is 16.0 Å². The maximum absolute atomic E-state index is 5.12. The highest BCUT2D eigenvalue weighted by atomic mass is 127. The van der Waals surface area contributed by atoms with Gasteiger partial charge >= 0.3 is 0 Å². The molecule has 0 aliphatic carbocycles. The van der Waals surface area contributed by atoms with E-state index in [9.17, 15) is 0 Å². The molecule has 1 heterocycles. The van der Waals surface area contributed by atoms with Crippen LogP contribution >= 0.6 is 22.6 Å². The summed E-state index contributed by atoms with van der Waals surface area (Å²) in [5, 5.41) is 3.09. The van der Waals surface area contributed by atoms with Crippen LogP contribution in [0.4, 0.5) is 5.95 Å². The Balaban J connectivity index is 2.30. The van der Waals surface area contributed by atoms with E-state index in [0.29, 0.717) is 5.95 Å². The van der Waals surface area contributed by atoms with Crippen LogP contribution in [0.3, 0.4) is 0 Å². The Morgan fingerprint density at radius 3 is 2.77 bits per heavy atom. The molecule has 0 aliphatic heterocycles. The Morgan fingerprint density at radius 2 is 2.15 bits per heavy atom. The second-order valence-electron chi connectivity index (χ2n) is 2.46. The molecule has 3 nitrogen and oxygen atoms in total. The van der Waals surface area contributed by atoms with Gasteiger partial charge in [-0.25, -0.2) is 9.97 Å². The lowest BCUT2D eigenvalue weighted by atomic mass is 10.3. The Bertz CT molecular complexity index is 289. The fourth-order valence-corrected chi connectivity index (χ4v) is 1.07. The molecule has 0 saturated carbocycles. The number of hydrogen-bond donors (Lipinski definition) is 1. The first-order valence-electron chi connectivity index (χ1n) is 3.98. The van der Waals surface area contributed by atoms with Crippen LogP contribution in [0.2, 0.25) is 0 Å². The van der Waals surface area contributed by atoms with Gasteiger partial charge in [-0.2, -0.15) is 0 Å². The summed E-state index contributed by atoms with van der Waals surface area (Å²) in [7, 11) is 0. The topological polar surface area (TPSA) is 37.8 Å². The predicted octanol–water partition coefficient (Wildman–Crippen LogP) is 1.91. The molecule has 0 bridgehead atoms. The van der Waals surface area contributed by atoms with E-state index in [-0.39, 0.29) is 0 Å². The normalized spacial score (nSPS) is 9.23. The molecular weight excluding hydrogens is 277 g/mol. The van der Waals surface area contributed by atoms with E-state index in [2.05, 4.69) is 43.8 Å². The molecular formula is C9H10IN3. The molecule has 0 spiro atoms. The standard InChI is InChI=1S/C9H10IN3/c1-2-3-4-5-11-9-12-6-8(10)7-13-9/h1,6-7H,3-5H2,(H,11,12,13). The summed E-state index contributed by atoms with van der Waals surface area (Å²) >= 11 is 2.17. The fourth-order valence-electron chi connectivity index (χ4n) is 0.794. The summed E-state index contributed by atoms with van der Waals surface area (Å²) < 4.78 is 1.03. The molecule has 1 aromatic heterocycles. The van der Waals surface area contributed by atoms with E-state index < -0.39 is 0 Å². The minimum Gasteiger partial charge on any atom is -0.354 e. The van der Waals surface area contributed by atoms with Crippen molar-refractivity contribution in [2.24, 2.45) is 0 Å². The SMILES string of the molecule is C#CCCCNc1ncc(I)cn1. The highest BCUT2D eigenvalue weighted by Crippen LogP contribution is 2.02. The van der Waals surface area contributed by atoms with Crippen molar-refractivity contribution in [2.75, 3.05) is 11.9 Å². The molecule has 1 N–H and O–H groups in total. The summed E-state index contributed by atoms with van der Waals surface area (Å²) in [4.78, 5) is 8.19. The maximum Gasteiger partial charge on any atom is 0.222 e. The number of nitrogens with zero attached hydrogens (tertiary/aromatic N) is 2. The van der Waals surface area contributed by atoms with Crippen molar-refractivity contribution in [3.8, 4) is 12.3 Å². The third kappa shape index (κ3) is 4.08. The second-order valence-corrected chi connectivity index (χ2v) is 3.70. The van der Waals surface area contributed by atoms with Crippen molar-refractivity contribution in [1.29, 1.82) is 0 Å². The molecule has 4 heteroatoms. The van der Waals surface area contributed by atoms with Gasteiger partial charge in [-0.3, -0.25) is 0 Å². The van der Waals surface area contributed by atoms with E-state index in [1.807, 2.05) is 0 Å². The molecule has 13 heavy (non-hydrogen) atoms. The third-order valence-electron chi connectivity index (χ3n) is 1.40. The van der Waals surface area contributed by atoms with Gasteiger partial charge in [-0.05, 0) is 29.0 Å². The second kappa shape index (κ2) is 5.75. The molecule has 0 amide bonds. The molecule has 0 radical (unpaired) electrons. The van der Waals surface area contributed by atoms with E-state index in [1.54, 1.807) is 12.4 Å². The van der Waals surface area contributed by atoms with Crippen LogP contribution in [-0.2, 0) is 0 Å². The molecule has 0 aliphatic rings. The van der Waals surface area contributed by atoms with Crippen molar-refractivity contribution >= 4 is 28.5 Å². The van der Waals surface area contributed by atoms with Crippen LogP contribution in [-0.4, -0.2) is 16.5 Å². The highest BCUT2D eigenvalue weighted by molar-refractivity contribution is 14.1. The number of nitrogens with one attached hydrogen (secondary N) is 1. The zero-order valence-corrected chi connectivity index (χ0v) is 9.28. The lowest BCUT2D eigenvalue weighted by Crippen LogP contribution is -2.04. The van der Waals surface area contributed by atoms with Crippen molar-refractivity contribution < 1.29 is 0 Å². The van der Waals surface area contributed by atoms with Gasteiger partial charge in [0.25, 0.3) is 0 Å². The molecule has 0 saturated heterocycles. The summed E-state index contributed by atoms with van der Waals surface area (Å²) in [6, 6.07) is 0. The highest BCUT2D eigenvalue weighted by Gasteiger charge is 1.93. The number of terminal acetylenes is 1. The number of unbranched alkanes of at least 4 members (excludes halogenated alkanes) is 1. The van der Waals surface area contributed by atoms with Gasteiger partial charge in [0.05, 0.1) is 0 Å². The number of aromatic nitrogens is 2. The van der Waals surface area contributed by atoms with Crippen LogP contribution in [0.1, 0.15) is 12.8 Å². The van der Waals surface area contributed by atoms with E-state index in [1.165, 1.54) is 0 Å². The quantitative estimate of drug-likeness (QED) is 0.522. The Hall–Kier alpha value is -0.830. The van der Waals surface area contributed by atoms with Gasteiger partial charge in [0.1, 0.15) is 0 Å². The van der Waals surface area contributed by atoms with Crippen LogP contribution in [0.25, 0.3) is 0 Å². The number of anilines is 1. The average molecular weight is 287 g/mol. The molecule has 0 aromatic carbocycles. The van der Waals surface area contributed by atoms with E-state index in [4.69, 9.17) is 6.42 Å². The van der Waals surface area contributed by atoms with Gasteiger partial charge in [0.2, 0.25) is 5.95 Å². The first-order chi connectivity index (χ1) is 6.33. The number of halogens is 1. The van der Waals surface area contributed by atoms with Crippen LogP contribution in [0.5, 0.6) is 0 Å². The molecule has 0 unspecified atom stereocenters. The molecule has 0 atom stereocenters. The molecule has 1 rings (SSSR count). The molecule has 1 aromatic rings. The van der Waals surface area contributed by atoms with E-state index >= 15 is 0 Å². The van der Waals surface area contributed by atoms with Crippen molar-refractivity contribution in [1.82, 2.24) is 9.97 Å². The van der Waals surface area contributed by atoms with Crippen molar-refractivity contribution in [2.45, 2.75) is 12.8 Å². The van der Waals surface area contributed by atoms with Gasteiger partial charge in [-0.15, -0.1) is 12.3 Å². The Kier molecular flexibility index (Phi) is 4.54. The lowest BCUT2D eigenvalue weighted by Gasteiger charge is -2.01. The van der Waals surface area contributed by atoms with Gasteiger partial charge < -0.3 is 5.32 Å². The Morgan fingerprint density at radius 1 is 1.46 bits per heavy atom. The fraction of sp³-hybridized carbons (Fsp3) is 0.333. The summed E-state index contributed by atoms with van der Waals surface area (Å²) in [6.45, 7) is 0.824. The number of rotatable bonds is 4. The summed E-state index contributed by atoms with van der Waals surface area (Å²) in [6.07, 6.45) is 10.4. The monoisotopic (exact) mass is 287 g/mol. The average Bonchev–Trinajstić information content (AvgIpc) is 2.15. The molecule has 68 valence electrons. The zero-order valence-electron chi connectivity index (χ0n) is 7.13. The van der Waals surface area contributed by atoms with Crippen LogP contribution in [0.15, 0.2) is 12.4 Å². The zero-order chi connectivity index (χ0) is 9.52. The largest absolute Gasteiger partial charge is 0.354 e. The van der Waals surface area contributed by atoms with Crippen LogP contribution in [0, 0.1) is 15.9 Å². The minimum atomic E-state index is 0.664. The van der Waals surface area contributed by atoms with Gasteiger partial charge in [0.15, 0.2) is 0 Å². The first-order valence-corrected chi connectivity index (χ1v) is 5.05. The Labute approximate surface area is 91.5 Å². The first kappa shape index (κ1) is 10.3. The summed E-state index contributed by atoms with van der Waals surface area (Å²) in [5.74, 6) is 3.25. The van der Waals surface area contributed by atoms with Gasteiger partial charge in [-0.1, -0.05) is 0 Å². The van der Waals surface area contributed by atoms with Crippen LogP contribution < -0.4 is 5.32 Å². The van der Waals surface area contributed by atoms with Crippen molar-refractivity contribution in [3.63, 3.8) is 0 Å². The van der Waals surface area contributed by atoms with Gasteiger partial charge in [0, 0.05) is 28.9 Å². The third-order valence-corrected chi connectivity index (χ3v) is 1.96. The number of hydrogen-bond acceptors (Lipinski definition) is 3. The minimum absolute atomic E-state index is 0.664. The molecule has 0 fully saturated rings. The smallest absolute Gasteiger partial charge is 0.222 e. The lowest BCUT2D eigenvalue weighted by molar-refractivity contribution is 0.891. The predicted molar refractivity (Wildman–Crippen MR) is 61.3 cm³/mol.